The normalized spacial score (nSPS) is 28.4. The summed E-state index contributed by atoms with van der Waals surface area (Å²) in [7, 11) is 0. The summed E-state index contributed by atoms with van der Waals surface area (Å²) in [4.78, 5) is 12.8. The van der Waals surface area contributed by atoms with Gasteiger partial charge in [-0.3, -0.25) is 9.48 Å². The highest BCUT2D eigenvalue weighted by atomic mass is 35.5. The number of rotatable bonds is 4. The SMILES string of the molecule is C=C1C2(C(=O)NCCn3nc(C)c(Cl)c3C)CCC(C2)C1(C)C. The first-order valence-electron chi connectivity index (χ1n) is 8.38. The van der Waals surface area contributed by atoms with Crippen molar-refractivity contribution in [3.05, 3.63) is 28.6 Å². The smallest absolute Gasteiger partial charge is 0.230 e. The van der Waals surface area contributed by atoms with Crippen LogP contribution in [-0.4, -0.2) is 22.2 Å². The summed E-state index contributed by atoms with van der Waals surface area (Å²) in [6, 6.07) is 0. The summed E-state index contributed by atoms with van der Waals surface area (Å²) in [5.41, 5.74) is 2.63. The maximum atomic E-state index is 12.8. The van der Waals surface area contributed by atoms with Crippen molar-refractivity contribution in [1.29, 1.82) is 0 Å². The number of carbonyl (C=O) groups excluding carboxylic acids is 1. The highest BCUT2D eigenvalue weighted by molar-refractivity contribution is 6.31. The zero-order valence-corrected chi connectivity index (χ0v) is 15.3. The predicted molar refractivity (Wildman–Crippen MR) is 92.4 cm³/mol. The van der Waals surface area contributed by atoms with Gasteiger partial charge in [0, 0.05) is 6.54 Å². The number of fused-ring (bicyclic) bond motifs is 2. The fourth-order valence-electron chi connectivity index (χ4n) is 4.48. The zero-order chi connectivity index (χ0) is 17.0. The average Bonchev–Trinajstić information content (AvgIpc) is 3.11. The number of aromatic nitrogens is 2. The highest BCUT2D eigenvalue weighted by Crippen LogP contribution is 2.65. The lowest BCUT2D eigenvalue weighted by molar-refractivity contribution is -0.128. The Morgan fingerprint density at radius 2 is 2.17 bits per heavy atom. The van der Waals surface area contributed by atoms with Gasteiger partial charge in [0.1, 0.15) is 0 Å². The van der Waals surface area contributed by atoms with Gasteiger partial charge < -0.3 is 5.32 Å². The van der Waals surface area contributed by atoms with Gasteiger partial charge in [0.2, 0.25) is 5.91 Å². The molecule has 1 amide bonds. The third-order valence-electron chi connectivity index (χ3n) is 6.23. The molecule has 2 fully saturated rings. The van der Waals surface area contributed by atoms with Crippen molar-refractivity contribution in [1.82, 2.24) is 15.1 Å². The van der Waals surface area contributed by atoms with Gasteiger partial charge in [-0.2, -0.15) is 5.10 Å². The van der Waals surface area contributed by atoms with Crippen LogP contribution in [0, 0.1) is 30.6 Å². The summed E-state index contributed by atoms with van der Waals surface area (Å²) >= 11 is 6.16. The lowest BCUT2D eigenvalue weighted by Crippen LogP contribution is -2.42. The number of halogens is 1. The topological polar surface area (TPSA) is 46.9 Å². The highest BCUT2D eigenvalue weighted by Gasteiger charge is 2.60. The Bertz CT molecular complexity index is 676. The molecule has 126 valence electrons. The Morgan fingerprint density at radius 1 is 1.48 bits per heavy atom. The molecule has 2 aliphatic rings. The third kappa shape index (κ3) is 2.34. The molecule has 1 aromatic heterocycles. The van der Waals surface area contributed by atoms with Crippen molar-refractivity contribution in [3.8, 4) is 0 Å². The maximum absolute atomic E-state index is 12.8. The zero-order valence-electron chi connectivity index (χ0n) is 14.5. The number of carbonyl (C=O) groups is 1. The summed E-state index contributed by atoms with van der Waals surface area (Å²) in [6.07, 6.45) is 3.03. The van der Waals surface area contributed by atoms with Crippen molar-refractivity contribution in [2.75, 3.05) is 6.54 Å². The van der Waals surface area contributed by atoms with Crippen LogP contribution in [0.2, 0.25) is 5.02 Å². The Hall–Kier alpha value is -1.29. The molecule has 1 aromatic rings. The number of nitrogens with one attached hydrogen (secondary N) is 1. The van der Waals surface area contributed by atoms with E-state index >= 15 is 0 Å². The van der Waals surface area contributed by atoms with E-state index in [1.165, 1.54) is 0 Å². The van der Waals surface area contributed by atoms with E-state index in [4.69, 9.17) is 11.6 Å². The molecule has 2 bridgehead atoms. The van der Waals surface area contributed by atoms with Crippen LogP contribution in [0.4, 0.5) is 0 Å². The number of amides is 1. The maximum Gasteiger partial charge on any atom is 0.230 e. The molecule has 0 aromatic carbocycles. The van der Waals surface area contributed by atoms with Gasteiger partial charge in [-0.15, -0.1) is 0 Å². The number of nitrogens with zero attached hydrogens (tertiary/aromatic N) is 2. The van der Waals surface area contributed by atoms with Gasteiger partial charge in [0.05, 0.1) is 28.4 Å². The monoisotopic (exact) mass is 335 g/mol. The minimum absolute atomic E-state index is 0.0821. The first kappa shape index (κ1) is 16.6. The fraction of sp³-hybridized carbons (Fsp3) is 0.667. The average molecular weight is 336 g/mol. The molecular weight excluding hydrogens is 310 g/mol. The Balaban J connectivity index is 1.64. The van der Waals surface area contributed by atoms with E-state index in [0.717, 1.165) is 36.2 Å². The lowest BCUT2D eigenvalue weighted by Gasteiger charge is -2.37. The van der Waals surface area contributed by atoms with Crippen molar-refractivity contribution in [2.45, 2.75) is 53.5 Å². The van der Waals surface area contributed by atoms with Gasteiger partial charge in [0.15, 0.2) is 0 Å². The fourth-order valence-corrected chi connectivity index (χ4v) is 4.61. The van der Waals surface area contributed by atoms with Crippen LogP contribution in [-0.2, 0) is 11.3 Å². The lowest BCUT2D eigenvalue weighted by atomic mass is 9.68. The minimum Gasteiger partial charge on any atom is -0.353 e. The van der Waals surface area contributed by atoms with Crippen LogP contribution in [0.25, 0.3) is 0 Å². The van der Waals surface area contributed by atoms with Crippen LogP contribution in [0.15, 0.2) is 12.2 Å². The Kier molecular flexibility index (Phi) is 3.87. The van der Waals surface area contributed by atoms with E-state index in [1.807, 2.05) is 18.5 Å². The molecule has 5 heteroatoms. The molecule has 2 atom stereocenters. The first-order chi connectivity index (χ1) is 10.7. The Labute approximate surface area is 143 Å². The summed E-state index contributed by atoms with van der Waals surface area (Å²) in [6.45, 7) is 13.8. The third-order valence-corrected chi connectivity index (χ3v) is 6.77. The van der Waals surface area contributed by atoms with Crippen molar-refractivity contribution < 1.29 is 4.79 Å². The van der Waals surface area contributed by atoms with Crippen molar-refractivity contribution in [2.24, 2.45) is 16.7 Å². The molecule has 2 aliphatic carbocycles. The van der Waals surface area contributed by atoms with E-state index in [2.05, 4.69) is 30.8 Å². The van der Waals surface area contributed by atoms with E-state index in [0.29, 0.717) is 24.0 Å². The molecule has 2 unspecified atom stereocenters. The Morgan fingerprint density at radius 3 is 2.70 bits per heavy atom. The van der Waals surface area contributed by atoms with Crippen LogP contribution < -0.4 is 5.32 Å². The molecule has 1 heterocycles. The quantitative estimate of drug-likeness (QED) is 0.854. The molecule has 23 heavy (non-hydrogen) atoms. The second-order valence-electron chi connectivity index (χ2n) is 7.69. The number of aryl methyl sites for hydroxylation is 1. The summed E-state index contributed by atoms with van der Waals surface area (Å²) in [5.74, 6) is 0.735. The van der Waals surface area contributed by atoms with Gasteiger partial charge >= 0.3 is 0 Å². The second-order valence-corrected chi connectivity index (χ2v) is 8.06. The number of hydrogen-bond donors (Lipinski definition) is 1. The summed E-state index contributed by atoms with van der Waals surface area (Å²) in [5, 5.41) is 8.22. The molecule has 0 saturated heterocycles. The number of hydrogen-bond acceptors (Lipinski definition) is 2. The van der Waals surface area contributed by atoms with Crippen LogP contribution in [0.1, 0.15) is 44.5 Å². The first-order valence-corrected chi connectivity index (χ1v) is 8.75. The molecule has 0 spiro atoms. The van der Waals surface area contributed by atoms with E-state index in [-0.39, 0.29) is 16.7 Å². The van der Waals surface area contributed by atoms with Gasteiger partial charge in [0.25, 0.3) is 0 Å². The minimum atomic E-state index is -0.346. The van der Waals surface area contributed by atoms with Gasteiger partial charge in [-0.25, -0.2) is 0 Å². The largest absolute Gasteiger partial charge is 0.353 e. The van der Waals surface area contributed by atoms with Crippen molar-refractivity contribution >= 4 is 17.5 Å². The van der Waals surface area contributed by atoms with Crippen LogP contribution >= 0.6 is 11.6 Å². The van der Waals surface area contributed by atoms with E-state index in [1.54, 1.807) is 0 Å². The molecule has 3 rings (SSSR count). The molecule has 2 saturated carbocycles. The van der Waals surface area contributed by atoms with Crippen LogP contribution in [0.5, 0.6) is 0 Å². The van der Waals surface area contributed by atoms with E-state index in [9.17, 15) is 4.79 Å². The molecule has 1 N–H and O–H groups in total. The second kappa shape index (κ2) is 5.37. The molecular formula is C18H26ClN3O. The molecule has 0 radical (unpaired) electrons. The van der Waals surface area contributed by atoms with Gasteiger partial charge in [-0.05, 0) is 44.4 Å². The van der Waals surface area contributed by atoms with Gasteiger partial charge in [-0.1, -0.05) is 37.6 Å². The standard InChI is InChI=1S/C18H26ClN3O/c1-11-15(19)12(2)22(21-11)9-8-20-16(23)18-7-6-14(10-18)17(4,5)13(18)3/h14H,3,6-10H2,1-2,4-5H3,(H,20,23). The van der Waals surface area contributed by atoms with Crippen molar-refractivity contribution in [3.63, 3.8) is 0 Å². The van der Waals surface area contributed by atoms with Crippen LogP contribution in [0.3, 0.4) is 0 Å². The van der Waals surface area contributed by atoms with E-state index < -0.39 is 0 Å². The predicted octanol–water partition coefficient (Wildman–Crippen LogP) is 3.65. The molecule has 4 nitrogen and oxygen atoms in total. The molecule has 0 aliphatic heterocycles. The summed E-state index contributed by atoms with van der Waals surface area (Å²) < 4.78 is 1.86.